The smallest absolute Gasteiger partial charge is 0.0818 e. The minimum atomic E-state index is -0.293. The summed E-state index contributed by atoms with van der Waals surface area (Å²) < 4.78 is 0. The number of aliphatic hydroxyl groups excluding tert-OH is 1. The number of hydrogen-bond donors (Lipinski definition) is 1. The molecule has 0 bridgehead atoms. The Labute approximate surface area is 106 Å². The van der Waals surface area contributed by atoms with Gasteiger partial charge in [-0.05, 0) is 29.9 Å². The highest BCUT2D eigenvalue weighted by atomic mass is 16.3. The summed E-state index contributed by atoms with van der Waals surface area (Å²) in [5.41, 5.74) is 2.40. The third-order valence-corrected chi connectivity index (χ3v) is 3.60. The van der Waals surface area contributed by atoms with Crippen molar-refractivity contribution in [2.45, 2.75) is 59.0 Å². The molecule has 0 aromatic heterocycles. The molecule has 96 valence electrons. The zero-order valence-corrected chi connectivity index (χ0v) is 11.4. The lowest BCUT2D eigenvalue weighted by molar-refractivity contribution is 0.0988. The normalized spacial score (nSPS) is 14.6. The predicted octanol–water partition coefficient (Wildman–Crippen LogP) is 4.50. The molecule has 0 aliphatic rings. The van der Waals surface area contributed by atoms with E-state index in [0.29, 0.717) is 5.92 Å². The lowest BCUT2D eigenvalue weighted by Crippen LogP contribution is -2.12. The van der Waals surface area contributed by atoms with Gasteiger partial charge >= 0.3 is 0 Å². The second-order valence-electron chi connectivity index (χ2n) is 4.85. The van der Waals surface area contributed by atoms with Crippen molar-refractivity contribution in [1.29, 1.82) is 0 Å². The number of unbranched alkanes of at least 4 members (excludes halogenated alkanes) is 1. The molecule has 0 saturated heterocycles. The molecule has 0 fully saturated rings. The Morgan fingerprint density at radius 3 is 2.53 bits per heavy atom. The van der Waals surface area contributed by atoms with E-state index in [2.05, 4.69) is 45.0 Å². The molecule has 1 N–H and O–H groups in total. The van der Waals surface area contributed by atoms with E-state index in [0.717, 1.165) is 24.8 Å². The molecular formula is C16H26O. The molecule has 0 heterocycles. The number of hydrogen-bond acceptors (Lipinski definition) is 1. The quantitative estimate of drug-likeness (QED) is 0.736. The Hall–Kier alpha value is -0.820. The number of benzene rings is 1. The summed E-state index contributed by atoms with van der Waals surface area (Å²) in [7, 11) is 0. The summed E-state index contributed by atoms with van der Waals surface area (Å²) in [4.78, 5) is 0. The zero-order chi connectivity index (χ0) is 12.7. The highest BCUT2D eigenvalue weighted by molar-refractivity contribution is 5.25. The van der Waals surface area contributed by atoms with Gasteiger partial charge in [-0.1, -0.05) is 64.3 Å². The molecule has 0 aliphatic heterocycles. The lowest BCUT2D eigenvalue weighted by Gasteiger charge is -2.22. The number of rotatable bonds is 7. The molecule has 0 radical (unpaired) electrons. The van der Waals surface area contributed by atoms with Gasteiger partial charge in [0, 0.05) is 0 Å². The summed E-state index contributed by atoms with van der Waals surface area (Å²) in [6.07, 6.45) is 5.34. The van der Waals surface area contributed by atoms with E-state index in [4.69, 9.17) is 0 Å². The molecule has 1 aromatic rings. The van der Waals surface area contributed by atoms with Crippen LogP contribution in [-0.2, 0) is 6.42 Å². The second kappa shape index (κ2) is 7.50. The minimum absolute atomic E-state index is 0.293. The first kappa shape index (κ1) is 14.2. The highest BCUT2D eigenvalue weighted by Gasteiger charge is 2.18. The molecule has 0 aliphatic carbocycles. The topological polar surface area (TPSA) is 20.2 Å². The van der Waals surface area contributed by atoms with E-state index >= 15 is 0 Å². The van der Waals surface area contributed by atoms with E-state index in [1.807, 2.05) is 0 Å². The Bertz CT molecular complexity index is 319. The van der Waals surface area contributed by atoms with Crippen LogP contribution >= 0.6 is 0 Å². The van der Waals surface area contributed by atoms with Gasteiger partial charge in [-0.3, -0.25) is 0 Å². The molecule has 0 spiro atoms. The van der Waals surface area contributed by atoms with Gasteiger partial charge in [0.15, 0.2) is 0 Å². The van der Waals surface area contributed by atoms with Crippen molar-refractivity contribution in [3.05, 3.63) is 35.4 Å². The van der Waals surface area contributed by atoms with Gasteiger partial charge in [0.2, 0.25) is 0 Å². The van der Waals surface area contributed by atoms with Crippen LogP contribution in [0.5, 0.6) is 0 Å². The fourth-order valence-corrected chi connectivity index (χ4v) is 2.32. The van der Waals surface area contributed by atoms with Crippen molar-refractivity contribution in [2.24, 2.45) is 5.92 Å². The van der Waals surface area contributed by atoms with Gasteiger partial charge in [0.05, 0.1) is 6.10 Å². The van der Waals surface area contributed by atoms with Gasteiger partial charge in [0.1, 0.15) is 0 Å². The molecule has 2 unspecified atom stereocenters. The standard InChI is InChI=1S/C16H26O/c1-4-7-10-14(6-3)16(17)15-11-8-9-13(5-2)12-15/h8-9,11-12,14,16-17H,4-7,10H2,1-3H3. The Morgan fingerprint density at radius 1 is 1.18 bits per heavy atom. The highest BCUT2D eigenvalue weighted by Crippen LogP contribution is 2.29. The molecule has 0 amide bonds. The average Bonchev–Trinajstić information content (AvgIpc) is 2.39. The van der Waals surface area contributed by atoms with Crippen molar-refractivity contribution in [3.8, 4) is 0 Å². The summed E-state index contributed by atoms with van der Waals surface area (Å²) in [5.74, 6) is 0.405. The largest absolute Gasteiger partial charge is 0.388 e. The van der Waals surface area contributed by atoms with E-state index in [1.165, 1.54) is 18.4 Å². The molecule has 1 rings (SSSR count). The predicted molar refractivity (Wildman–Crippen MR) is 74.1 cm³/mol. The van der Waals surface area contributed by atoms with Gasteiger partial charge in [-0.2, -0.15) is 0 Å². The van der Waals surface area contributed by atoms with Crippen molar-refractivity contribution >= 4 is 0 Å². The Balaban J connectivity index is 2.74. The summed E-state index contributed by atoms with van der Waals surface area (Å²) in [5, 5.41) is 10.4. The molecule has 1 aromatic carbocycles. The maximum Gasteiger partial charge on any atom is 0.0818 e. The van der Waals surface area contributed by atoms with Gasteiger partial charge in [0.25, 0.3) is 0 Å². The van der Waals surface area contributed by atoms with Crippen LogP contribution in [0, 0.1) is 5.92 Å². The van der Waals surface area contributed by atoms with E-state index in [-0.39, 0.29) is 6.10 Å². The van der Waals surface area contributed by atoms with Crippen molar-refractivity contribution in [2.75, 3.05) is 0 Å². The molecule has 1 nitrogen and oxygen atoms in total. The van der Waals surface area contributed by atoms with Crippen LogP contribution in [0.25, 0.3) is 0 Å². The number of aryl methyl sites for hydroxylation is 1. The van der Waals surface area contributed by atoms with Crippen LogP contribution in [0.4, 0.5) is 0 Å². The van der Waals surface area contributed by atoms with Gasteiger partial charge < -0.3 is 5.11 Å². The van der Waals surface area contributed by atoms with Crippen molar-refractivity contribution in [3.63, 3.8) is 0 Å². The van der Waals surface area contributed by atoms with E-state index in [9.17, 15) is 5.11 Å². The first-order valence-corrected chi connectivity index (χ1v) is 6.99. The van der Waals surface area contributed by atoms with Crippen LogP contribution in [0.2, 0.25) is 0 Å². The third-order valence-electron chi connectivity index (χ3n) is 3.60. The first-order chi connectivity index (χ1) is 8.22. The van der Waals surface area contributed by atoms with Crippen LogP contribution in [0.1, 0.15) is 63.7 Å². The Kier molecular flexibility index (Phi) is 6.28. The van der Waals surface area contributed by atoms with E-state index in [1.54, 1.807) is 0 Å². The van der Waals surface area contributed by atoms with Crippen molar-refractivity contribution < 1.29 is 5.11 Å². The zero-order valence-electron chi connectivity index (χ0n) is 11.4. The average molecular weight is 234 g/mol. The summed E-state index contributed by atoms with van der Waals surface area (Å²) >= 11 is 0. The van der Waals surface area contributed by atoms with Crippen LogP contribution in [0.3, 0.4) is 0 Å². The van der Waals surface area contributed by atoms with Crippen molar-refractivity contribution in [1.82, 2.24) is 0 Å². The van der Waals surface area contributed by atoms with Crippen LogP contribution < -0.4 is 0 Å². The van der Waals surface area contributed by atoms with E-state index < -0.39 is 0 Å². The SMILES string of the molecule is CCCCC(CC)C(O)c1cccc(CC)c1. The second-order valence-corrected chi connectivity index (χ2v) is 4.85. The fourth-order valence-electron chi connectivity index (χ4n) is 2.32. The summed E-state index contributed by atoms with van der Waals surface area (Å²) in [6, 6.07) is 8.39. The summed E-state index contributed by atoms with van der Waals surface area (Å²) in [6.45, 7) is 6.53. The third kappa shape index (κ3) is 4.16. The first-order valence-electron chi connectivity index (χ1n) is 6.99. The monoisotopic (exact) mass is 234 g/mol. The van der Waals surface area contributed by atoms with Crippen LogP contribution in [0.15, 0.2) is 24.3 Å². The fraction of sp³-hybridized carbons (Fsp3) is 0.625. The maximum absolute atomic E-state index is 10.4. The minimum Gasteiger partial charge on any atom is -0.388 e. The number of aliphatic hydroxyl groups is 1. The maximum atomic E-state index is 10.4. The molecule has 17 heavy (non-hydrogen) atoms. The molecule has 1 heteroatoms. The molecule has 0 saturated carbocycles. The van der Waals surface area contributed by atoms with Gasteiger partial charge in [-0.15, -0.1) is 0 Å². The van der Waals surface area contributed by atoms with Gasteiger partial charge in [-0.25, -0.2) is 0 Å². The lowest BCUT2D eigenvalue weighted by atomic mass is 9.88. The molecular weight excluding hydrogens is 208 g/mol. The Morgan fingerprint density at radius 2 is 1.94 bits per heavy atom. The molecule has 2 atom stereocenters. The van der Waals surface area contributed by atoms with Crippen LogP contribution in [-0.4, -0.2) is 5.11 Å².